The van der Waals surface area contributed by atoms with Crippen molar-refractivity contribution in [2.24, 2.45) is 5.16 Å². The number of urea groups is 1. The molecule has 32 heavy (non-hydrogen) atoms. The fraction of sp³-hybridized carbons (Fsp3) is 0.375. The Balaban J connectivity index is 1.24. The van der Waals surface area contributed by atoms with Gasteiger partial charge in [-0.1, -0.05) is 47.9 Å². The molecule has 2 N–H and O–H groups in total. The van der Waals surface area contributed by atoms with E-state index in [0.717, 1.165) is 17.7 Å². The summed E-state index contributed by atoms with van der Waals surface area (Å²) in [4.78, 5) is 32.6. The number of piperidine rings is 1. The van der Waals surface area contributed by atoms with Crippen LogP contribution in [0.1, 0.15) is 37.3 Å². The average Bonchev–Trinajstić information content (AvgIpc) is 3.23. The molecule has 2 aliphatic heterocycles. The molecule has 0 atom stereocenters. The SMILES string of the molecule is CCc1ccc(NC(=O)N2CCC3(CC2)CC(C(=O)NCc2ccc(Cl)cc2)=NO3)cc1. The second-order valence-electron chi connectivity index (χ2n) is 8.27. The minimum Gasteiger partial charge on any atom is -0.388 e. The number of benzene rings is 2. The van der Waals surface area contributed by atoms with Gasteiger partial charge in [-0.15, -0.1) is 0 Å². The summed E-state index contributed by atoms with van der Waals surface area (Å²) in [5, 5.41) is 10.5. The van der Waals surface area contributed by atoms with Crippen LogP contribution in [0, 0.1) is 0 Å². The predicted molar refractivity (Wildman–Crippen MR) is 125 cm³/mol. The zero-order valence-electron chi connectivity index (χ0n) is 18.1. The number of rotatable bonds is 5. The van der Waals surface area contributed by atoms with Crippen molar-refractivity contribution < 1.29 is 14.4 Å². The molecule has 0 radical (unpaired) electrons. The van der Waals surface area contributed by atoms with Gasteiger partial charge in [0, 0.05) is 49.6 Å². The first-order chi connectivity index (χ1) is 15.5. The summed E-state index contributed by atoms with van der Waals surface area (Å²) in [5.74, 6) is -0.229. The van der Waals surface area contributed by atoms with Crippen LogP contribution in [0.4, 0.5) is 10.5 Å². The number of likely N-dealkylation sites (tertiary alicyclic amines) is 1. The Morgan fingerprint density at radius 3 is 2.38 bits per heavy atom. The smallest absolute Gasteiger partial charge is 0.321 e. The van der Waals surface area contributed by atoms with Crippen LogP contribution in [-0.2, 0) is 22.6 Å². The molecule has 0 saturated carbocycles. The van der Waals surface area contributed by atoms with Gasteiger partial charge in [-0.2, -0.15) is 0 Å². The number of oxime groups is 1. The molecule has 1 saturated heterocycles. The van der Waals surface area contributed by atoms with Crippen LogP contribution in [0.25, 0.3) is 0 Å². The molecule has 2 aromatic carbocycles. The van der Waals surface area contributed by atoms with E-state index in [1.165, 1.54) is 5.56 Å². The molecule has 2 heterocycles. The molecule has 4 rings (SSSR count). The highest BCUT2D eigenvalue weighted by atomic mass is 35.5. The largest absolute Gasteiger partial charge is 0.388 e. The molecule has 7 nitrogen and oxygen atoms in total. The summed E-state index contributed by atoms with van der Waals surface area (Å²) >= 11 is 5.89. The van der Waals surface area contributed by atoms with E-state index in [9.17, 15) is 9.59 Å². The standard InChI is InChI=1S/C24H27ClN4O3/c1-2-17-5-9-20(10-6-17)27-23(31)29-13-11-24(12-14-29)15-21(28-32-24)22(30)26-16-18-3-7-19(25)8-4-18/h3-10H,2,11-16H2,1H3,(H,26,30)(H,27,31). The van der Waals surface area contributed by atoms with Crippen LogP contribution >= 0.6 is 11.6 Å². The Labute approximate surface area is 192 Å². The summed E-state index contributed by atoms with van der Waals surface area (Å²) in [6, 6.07) is 15.1. The van der Waals surface area contributed by atoms with Crippen LogP contribution in [0.2, 0.25) is 5.02 Å². The Morgan fingerprint density at radius 2 is 1.72 bits per heavy atom. The van der Waals surface area contributed by atoms with Crippen molar-refractivity contribution in [2.45, 2.75) is 44.8 Å². The third-order valence-electron chi connectivity index (χ3n) is 6.04. The van der Waals surface area contributed by atoms with E-state index in [0.29, 0.717) is 49.6 Å². The molecule has 1 spiro atoms. The van der Waals surface area contributed by atoms with Gasteiger partial charge in [0.25, 0.3) is 5.91 Å². The third-order valence-corrected chi connectivity index (χ3v) is 6.29. The van der Waals surface area contributed by atoms with Crippen molar-refractivity contribution in [2.75, 3.05) is 18.4 Å². The maximum Gasteiger partial charge on any atom is 0.321 e. The van der Waals surface area contributed by atoms with E-state index < -0.39 is 5.60 Å². The Bertz CT molecular complexity index is 997. The summed E-state index contributed by atoms with van der Waals surface area (Å²) < 4.78 is 0. The fourth-order valence-electron chi connectivity index (χ4n) is 3.94. The Morgan fingerprint density at radius 1 is 1.06 bits per heavy atom. The van der Waals surface area contributed by atoms with Gasteiger partial charge in [0.1, 0.15) is 11.3 Å². The number of halogens is 1. The number of nitrogens with one attached hydrogen (secondary N) is 2. The van der Waals surface area contributed by atoms with Crippen molar-refractivity contribution in [3.05, 3.63) is 64.7 Å². The summed E-state index contributed by atoms with van der Waals surface area (Å²) in [6.45, 7) is 3.60. The highest BCUT2D eigenvalue weighted by molar-refractivity contribution is 6.39. The van der Waals surface area contributed by atoms with Gasteiger partial charge in [-0.05, 0) is 41.8 Å². The summed E-state index contributed by atoms with van der Waals surface area (Å²) in [7, 11) is 0. The molecule has 1 fully saturated rings. The van der Waals surface area contributed by atoms with Gasteiger partial charge in [0.2, 0.25) is 0 Å². The fourth-order valence-corrected chi connectivity index (χ4v) is 4.07. The van der Waals surface area contributed by atoms with Gasteiger partial charge >= 0.3 is 6.03 Å². The van der Waals surface area contributed by atoms with E-state index in [1.54, 1.807) is 17.0 Å². The quantitative estimate of drug-likeness (QED) is 0.704. The number of hydrogen-bond donors (Lipinski definition) is 2. The van der Waals surface area contributed by atoms with Crippen molar-refractivity contribution in [1.82, 2.24) is 10.2 Å². The number of amides is 3. The van der Waals surface area contributed by atoms with E-state index in [-0.39, 0.29) is 11.9 Å². The van der Waals surface area contributed by atoms with Gasteiger partial charge in [-0.3, -0.25) is 4.79 Å². The first kappa shape index (κ1) is 22.1. The lowest BCUT2D eigenvalue weighted by Gasteiger charge is -2.37. The highest BCUT2D eigenvalue weighted by Gasteiger charge is 2.44. The molecule has 3 amide bonds. The minimum absolute atomic E-state index is 0.121. The van der Waals surface area contributed by atoms with Gasteiger partial charge in [-0.25, -0.2) is 4.79 Å². The van der Waals surface area contributed by atoms with Crippen LogP contribution in [0.5, 0.6) is 0 Å². The van der Waals surface area contributed by atoms with Crippen LogP contribution in [0.15, 0.2) is 53.7 Å². The molecular formula is C24H27ClN4O3. The van der Waals surface area contributed by atoms with Gasteiger partial charge in [0.15, 0.2) is 0 Å². The third kappa shape index (κ3) is 5.22. The number of anilines is 1. The maximum absolute atomic E-state index is 12.6. The molecule has 0 bridgehead atoms. The molecule has 0 unspecified atom stereocenters. The lowest BCUT2D eigenvalue weighted by Crippen LogP contribution is -2.48. The van der Waals surface area contributed by atoms with E-state index in [4.69, 9.17) is 16.4 Å². The molecule has 2 aliphatic rings. The van der Waals surface area contributed by atoms with Crippen LogP contribution in [-0.4, -0.2) is 41.2 Å². The van der Waals surface area contributed by atoms with E-state index in [2.05, 4.69) is 22.7 Å². The number of nitrogens with zero attached hydrogens (tertiary/aromatic N) is 2. The van der Waals surface area contributed by atoms with Crippen molar-refractivity contribution in [3.63, 3.8) is 0 Å². The van der Waals surface area contributed by atoms with Crippen LogP contribution < -0.4 is 10.6 Å². The number of carbonyl (C=O) groups excluding carboxylic acids is 2. The van der Waals surface area contributed by atoms with Crippen LogP contribution in [0.3, 0.4) is 0 Å². The minimum atomic E-state index is -0.507. The molecule has 0 aliphatic carbocycles. The Hall–Kier alpha value is -3.06. The molecular weight excluding hydrogens is 428 g/mol. The lowest BCUT2D eigenvalue weighted by molar-refractivity contribution is -0.115. The van der Waals surface area contributed by atoms with Crippen molar-refractivity contribution >= 4 is 34.9 Å². The van der Waals surface area contributed by atoms with E-state index >= 15 is 0 Å². The van der Waals surface area contributed by atoms with Crippen molar-refractivity contribution in [3.8, 4) is 0 Å². The zero-order chi connectivity index (χ0) is 22.6. The monoisotopic (exact) mass is 454 g/mol. The molecule has 2 aromatic rings. The summed E-state index contributed by atoms with van der Waals surface area (Å²) in [5.41, 5.74) is 2.86. The topological polar surface area (TPSA) is 83.0 Å². The van der Waals surface area contributed by atoms with Crippen molar-refractivity contribution in [1.29, 1.82) is 0 Å². The second kappa shape index (κ2) is 9.61. The number of hydrogen-bond acceptors (Lipinski definition) is 4. The lowest BCUT2D eigenvalue weighted by atomic mass is 9.87. The van der Waals surface area contributed by atoms with Gasteiger partial charge < -0.3 is 20.4 Å². The Kier molecular flexibility index (Phi) is 6.65. The highest BCUT2D eigenvalue weighted by Crippen LogP contribution is 2.35. The average molecular weight is 455 g/mol. The zero-order valence-corrected chi connectivity index (χ0v) is 18.8. The molecule has 168 valence electrons. The van der Waals surface area contributed by atoms with Gasteiger partial charge in [0.05, 0.1) is 0 Å². The first-order valence-electron chi connectivity index (χ1n) is 10.9. The second-order valence-corrected chi connectivity index (χ2v) is 8.70. The first-order valence-corrected chi connectivity index (χ1v) is 11.3. The summed E-state index contributed by atoms with van der Waals surface area (Å²) in [6.07, 6.45) is 2.68. The molecule has 8 heteroatoms. The normalized spacial score (nSPS) is 16.9. The number of carbonyl (C=O) groups is 2. The maximum atomic E-state index is 12.6. The molecule has 0 aromatic heterocycles. The number of aryl methyl sites for hydroxylation is 1. The predicted octanol–water partition coefficient (Wildman–Crippen LogP) is 4.36. The van der Waals surface area contributed by atoms with E-state index in [1.807, 2.05) is 36.4 Å².